The van der Waals surface area contributed by atoms with Gasteiger partial charge in [0.05, 0.1) is 38.3 Å². The van der Waals surface area contributed by atoms with E-state index >= 15 is 0 Å². The van der Waals surface area contributed by atoms with E-state index < -0.39 is 5.97 Å². The average Bonchev–Trinajstić information content (AvgIpc) is 3.73. The van der Waals surface area contributed by atoms with Crippen LogP contribution in [0.25, 0.3) is 32.8 Å². The van der Waals surface area contributed by atoms with Crippen molar-refractivity contribution < 1.29 is 23.4 Å². The van der Waals surface area contributed by atoms with Crippen LogP contribution in [0.3, 0.4) is 0 Å². The van der Waals surface area contributed by atoms with Crippen molar-refractivity contribution in [3.8, 4) is 16.9 Å². The van der Waals surface area contributed by atoms with Crippen molar-refractivity contribution in [3.63, 3.8) is 0 Å². The molecule has 0 N–H and O–H groups in total. The highest BCUT2D eigenvalue weighted by Gasteiger charge is 2.28. The fourth-order valence-electron chi connectivity index (χ4n) is 7.31. The summed E-state index contributed by atoms with van der Waals surface area (Å²) in [5.41, 5.74) is 9.02. The number of halogens is 2. The van der Waals surface area contributed by atoms with Crippen molar-refractivity contribution in [2.75, 3.05) is 27.4 Å². The van der Waals surface area contributed by atoms with Crippen molar-refractivity contribution in [1.29, 1.82) is 0 Å². The second kappa shape index (κ2) is 14.7. The zero-order valence-electron chi connectivity index (χ0n) is 29.5. The second-order valence-corrected chi connectivity index (χ2v) is 14.4. The Bertz CT molecular complexity index is 2280. The standard InChI is InChI=1S/C39H41ClFN5O4S/c1-23-35-33-12-11-31(40)37(35)36-24(2)46(14-16-48-4)43-32(36)22-51-21-28-20-29(44(3)42-28)9-7-25-17-26-19-27(41)8-10-30(26)34(18-25)50-15-6-13-45(33)38(23)39(47)49-5/h8,10-12,17-20H,6-7,9,13-16,21-22H2,1-5H3. The molecule has 3 aromatic heterocycles. The molecule has 12 heteroatoms. The molecule has 0 spiro atoms. The molecular formula is C39H41ClFN5O4S. The van der Waals surface area contributed by atoms with Crippen LogP contribution >= 0.6 is 23.4 Å². The normalized spacial score (nSPS) is 14.0. The Morgan fingerprint density at radius 1 is 1.04 bits per heavy atom. The Balaban J connectivity index is 1.37. The van der Waals surface area contributed by atoms with Crippen LogP contribution in [-0.2, 0) is 54.0 Å². The Kier molecular flexibility index (Phi) is 10.1. The van der Waals surface area contributed by atoms with Gasteiger partial charge in [-0.3, -0.25) is 9.36 Å². The molecule has 0 aliphatic carbocycles. The van der Waals surface area contributed by atoms with Crippen LogP contribution in [0.1, 0.15) is 50.8 Å². The van der Waals surface area contributed by atoms with Gasteiger partial charge < -0.3 is 18.8 Å². The number of benzene rings is 3. The molecule has 9 nitrogen and oxygen atoms in total. The highest BCUT2D eigenvalue weighted by Crippen LogP contribution is 2.43. The zero-order chi connectivity index (χ0) is 35.8. The summed E-state index contributed by atoms with van der Waals surface area (Å²) in [7, 11) is 5.06. The van der Waals surface area contributed by atoms with Gasteiger partial charge in [0.25, 0.3) is 0 Å². The van der Waals surface area contributed by atoms with Crippen LogP contribution in [0, 0.1) is 19.7 Å². The molecule has 0 amide bonds. The van der Waals surface area contributed by atoms with Crippen molar-refractivity contribution >= 4 is 51.0 Å². The van der Waals surface area contributed by atoms with Crippen molar-refractivity contribution in [2.24, 2.45) is 7.05 Å². The molecule has 0 saturated heterocycles. The average molecular weight is 730 g/mol. The molecule has 0 radical (unpaired) electrons. The van der Waals surface area contributed by atoms with Crippen molar-refractivity contribution in [3.05, 3.63) is 99.0 Å². The summed E-state index contributed by atoms with van der Waals surface area (Å²) >= 11 is 8.86. The Hall–Kier alpha value is -4.32. The summed E-state index contributed by atoms with van der Waals surface area (Å²) in [6, 6.07) is 14.9. The number of aryl methyl sites for hydroxylation is 5. The van der Waals surface area contributed by atoms with Gasteiger partial charge in [-0.15, -0.1) is 11.8 Å². The Morgan fingerprint density at radius 3 is 2.69 bits per heavy atom. The number of carbonyl (C=O) groups excluding carboxylic acids is 1. The minimum Gasteiger partial charge on any atom is -0.493 e. The summed E-state index contributed by atoms with van der Waals surface area (Å²) < 4.78 is 37.5. The van der Waals surface area contributed by atoms with Gasteiger partial charge in [-0.2, -0.15) is 10.2 Å². The van der Waals surface area contributed by atoms with E-state index in [1.165, 1.54) is 13.2 Å². The van der Waals surface area contributed by atoms with Gasteiger partial charge >= 0.3 is 5.97 Å². The predicted octanol–water partition coefficient (Wildman–Crippen LogP) is 8.23. The lowest BCUT2D eigenvalue weighted by molar-refractivity contribution is 0.0587. The first-order valence-corrected chi connectivity index (χ1v) is 18.6. The molecule has 3 aromatic carbocycles. The SMILES string of the molecule is COCCn1nc2c(c1C)-c1c(Cl)ccc3c1c(C)c(C(=O)OC)n3CCCOc1cc(cc3cc(F)ccc13)CCc1cc(nn1C)CSC2. The van der Waals surface area contributed by atoms with Gasteiger partial charge in [0.2, 0.25) is 0 Å². The third kappa shape index (κ3) is 6.74. The molecule has 51 heavy (non-hydrogen) atoms. The first-order chi connectivity index (χ1) is 24.7. The molecule has 8 bridgehead atoms. The minimum absolute atomic E-state index is 0.287. The van der Waals surface area contributed by atoms with Gasteiger partial charge in [-0.05, 0) is 92.1 Å². The first-order valence-electron chi connectivity index (χ1n) is 17.1. The maximum atomic E-state index is 14.4. The number of carbonyl (C=O) groups is 1. The number of hydrogen-bond donors (Lipinski definition) is 0. The molecule has 0 unspecified atom stereocenters. The van der Waals surface area contributed by atoms with E-state index in [-0.39, 0.29) is 5.82 Å². The molecular weight excluding hydrogens is 689 g/mol. The summed E-state index contributed by atoms with van der Waals surface area (Å²) in [6.07, 6.45) is 2.12. The monoisotopic (exact) mass is 729 g/mol. The van der Waals surface area contributed by atoms with Gasteiger partial charge in [0, 0.05) is 76.0 Å². The van der Waals surface area contributed by atoms with Crippen LogP contribution < -0.4 is 4.74 Å². The number of nitrogens with zero attached hydrogens (tertiary/aromatic N) is 5. The zero-order valence-corrected chi connectivity index (χ0v) is 31.1. The fraction of sp³-hybridized carbons (Fsp3) is 0.359. The second-order valence-electron chi connectivity index (χ2n) is 13.0. The molecule has 7 rings (SSSR count). The Morgan fingerprint density at radius 2 is 1.88 bits per heavy atom. The fourth-order valence-corrected chi connectivity index (χ4v) is 8.41. The summed E-state index contributed by atoms with van der Waals surface area (Å²) in [4.78, 5) is 13.4. The topological polar surface area (TPSA) is 85.3 Å². The van der Waals surface area contributed by atoms with Crippen molar-refractivity contribution in [2.45, 2.75) is 57.7 Å². The summed E-state index contributed by atoms with van der Waals surface area (Å²) in [5, 5.41) is 13.0. The largest absolute Gasteiger partial charge is 0.493 e. The van der Waals surface area contributed by atoms with Crippen LogP contribution in [0.4, 0.5) is 4.39 Å². The van der Waals surface area contributed by atoms with Crippen molar-refractivity contribution in [1.82, 2.24) is 24.1 Å². The maximum absolute atomic E-state index is 14.4. The number of hydrogen-bond acceptors (Lipinski definition) is 7. The lowest BCUT2D eigenvalue weighted by atomic mass is 9.97. The summed E-state index contributed by atoms with van der Waals surface area (Å²) in [5.74, 6) is 1.33. The van der Waals surface area contributed by atoms with Crippen LogP contribution in [0.15, 0.2) is 48.5 Å². The minimum atomic E-state index is -0.417. The molecule has 1 aliphatic heterocycles. The first kappa shape index (κ1) is 35.1. The number of thioether (sulfide) groups is 1. The molecule has 0 atom stereocenters. The van der Waals surface area contributed by atoms with Gasteiger partial charge in [0.1, 0.15) is 17.3 Å². The van der Waals surface area contributed by atoms with Crippen LogP contribution in [0.2, 0.25) is 5.02 Å². The van der Waals surface area contributed by atoms with Gasteiger partial charge in [-0.25, -0.2) is 9.18 Å². The quantitative estimate of drug-likeness (QED) is 0.169. The number of methoxy groups -OCH3 is 2. The third-order valence-electron chi connectivity index (χ3n) is 9.74. The van der Waals surface area contributed by atoms with E-state index in [2.05, 4.69) is 19.1 Å². The van der Waals surface area contributed by atoms with Gasteiger partial charge in [-0.1, -0.05) is 17.7 Å². The number of esters is 1. The molecule has 4 heterocycles. The number of fused-ring (bicyclic) bond motifs is 8. The lowest BCUT2D eigenvalue weighted by Gasteiger charge is -2.14. The highest BCUT2D eigenvalue weighted by atomic mass is 35.5. The summed E-state index contributed by atoms with van der Waals surface area (Å²) in [6.45, 7) is 6.01. The number of rotatable bonds is 4. The van der Waals surface area contributed by atoms with E-state index in [4.69, 9.17) is 36.0 Å². The molecule has 1 aliphatic rings. The number of aromatic nitrogens is 5. The Labute approximate surface area is 305 Å². The molecule has 0 saturated carbocycles. The molecule has 0 fully saturated rings. The maximum Gasteiger partial charge on any atom is 0.354 e. The predicted molar refractivity (Wildman–Crippen MR) is 200 cm³/mol. The van der Waals surface area contributed by atoms with Crippen LogP contribution in [0.5, 0.6) is 5.75 Å². The molecule has 266 valence electrons. The lowest BCUT2D eigenvalue weighted by Crippen LogP contribution is -2.13. The number of ether oxygens (including phenoxy) is 3. The molecule has 6 aromatic rings. The van der Waals surface area contributed by atoms with E-state index in [9.17, 15) is 9.18 Å². The van der Waals surface area contributed by atoms with E-state index in [1.807, 2.05) is 46.1 Å². The highest BCUT2D eigenvalue weighted by molar-refractivity contribution is 7.97. The van der Waals surface area contributed by atoms with Crippen LogP contribution in [-0.4, -0.2) is 57.5 Å². The van der Waals surface area contributed by atoms with E-state index in [0.29, 0.717) is 60.7 Å². The van der Waals surface area contributed by atoms with E-state index in [0.717, 1.165) is 79.5 Å². The third-order valence-corrected chi connectivity index (χ3v) is 11.0. The van der Waals surface area contributed by atoms with Gasteiger partial charge in [0.15, 0.2) is 0 Å². The van der Waals surface area contributed by atoms with E-state index in [1.54, 1.807) is 31.0 Å². The smallest absolute Gasteiger partial charge is 0.354 e.